The second kappa shape index (κ2) is 3.02. The van der Waals surface area contributed by atoms with Crippen LogP contribution in [0.3, 0.4) is 0 Å². The molecule has 12 heavy (non-hydrogen) atoms. The lowest BCUT2D eigenvalue weighted by atomic mass is 10.0. The second-order valence-electron chi connectivity index (χ2n) is 3.12. The summed E-state index contributed by atoms with van der Waals surface area (Å²) < 4.78 is 0. The molecule has 1 aromatic rings. The number of hydrogen-bond acceptors (Lipinski definition) is 1. The molecule has 62 valence electrons. The highest BCUT2D eigenvalue weighted by molar-refractivity contribution is 5.61. The fourth-order valence-electron chi connectivity index (χ4n) is 1.61. The maximum atomic E-state index is 11.4. The third-order valence-corrected chi connectivity index (χ3v) is 2.26. The number of fused-ring (bicyclic) bond motifs is 1. The van der Waals surface area contributed by atoms with Crippen LogP contribution in [-0.4, -0.2) is 0 Å². The Morgan fingerprint density at radius 2 is 2.00 bits per heavy atom. The van der Waals surface area contributed by atoms with Gasteiger partial charge in [0.2, 0.25) is 0 Å². The third-order valence-electron chi connectivity index (χ3n) is 2.26. The van der Waals surface area contributed by atoms with E-state index in [1.165, 1.54) is 5.56 Å². The molecule has 0 amide bonds. The topological polar surface area (TPSA) is 23.1 Å². The fraction of sp³-hybridized carbons (Fsp3) is 0.273. The Bertz CT molecular complexity index is 313. The molecule has 1 aliphatic rings. The summed E-state index contributed by atoms with van der Waals surface area (Å²) in [5.74, 6) is 0.197. The van der Waals surface area contributed by atoms with Crippen LogP contribution in [-0.2, 0) is 6.42 Å². The second-order valence-corrected chi connectivity index (χ2v) is 3.12. The van der Waals surface area contributed by atoms with E-state index in [9.17, 15) is 5.11 Å². The van der Waals surface area contributed by atoms with E-state index in [-0.39, 0.29) is 5.76 Å². The van der Waals surface area contributed by atoms with Crippen molar-refractivity contribution in [2.75, 3.05) is 0 Å². The lowest BCUT2D eigenvalue weighted by Crippen LogP contribution is -2.03. The molecule has 0 aromatic heterocycles. The van der Waals surface area contributed by atoms with Gasteiger partial charge in [0.25, 0.3) is 0 Å². The Labute approximate surface area is 72.4 Å². The summed E-state index contributed by atoms with van der Waals surface area (Å²) in [5, 5.41) is 11.4. The monoisotopic (exact) mass is 159 g/mol. The first-order valence-corrected chi connectivity index (χ1v) is 4.33. The molecule has 0 saturated carbocycles. The van der Waals surface area contributed by atoms with Crippen molar-refractivity contribution < 1.29 is 5.11 Å². The summed E-state index contributed by atoms with van der Waals surface area (Å²) in [6, 6.07) is 7.89. The Kier molecular flexibility index (Phi) is 1.86. The lowest BCUT2D eigenvalue weighted by molar-refractivity contribution is -0.244. The molecule has 1 aliphatic carbocycles. The minimum atomic E-state index is 0.197. The van der Waals surface area contributed by atoms with Gasteiger partial charge in [-0.3, -0.25) is 0 Å². The minimum absolute atomic E-state index is 0.197. The maximum Gasteiger partial charge on any atom is -0.0270 e. The van der Waals surface area contributed by atoms with E-state index >= 15 is 0 Å². The minimum Gasteiger partial charge on any atom is -0.872 e. The van der Waals surface area contributed by atoms with Crippen LogP contribution in [0.4, 0.5) is 0 Å². The van der Waals surface area contributed by atoms with Crippen molar-refractivity contribution in [1.29, 1.82) is 0 Å². The van der Waals surface area contributed by atoms with Crippen molar-refractivity contribution in [2.24, 2.45) is 0 Å². The van der Waals surface area contributed by atoms with Gasteiger partial charge in [-0.15, -0.1) is 5.76 Å². The summed E-state index contributed by atoms with van der Waals surface area (Å²) in [4.78, 5) is 0. The van der Waals surface area contributed by atoms with Gasteiger partial charge in [0.1, 0.15) is 0 Å². The SMILES string of the molecule is [O-]C1=CCCCc2ccccc21. The predicted octanol–water partition coefficient (Wildman–Crippen LogP) is 1.72. The molecule has 0 spiro atoms. The van der Waals surface area contributed by atoms with Gasteiger partial charge >= 0.3 is 0 Å². The molecule has 0 atom stereocenters. The van der Waals surface area contributed by atoms with Crippen LogP contribution in [0.15, 0.2) is 30.3 Å². The normalized spacial score (nSPS) is 16.2. The summed E-state index contributed by atoms with van der Waals surface area (Å²) in [5.41, 5.74) is 2.10. The molecule has 0 aliphatic heterocycles. The maximum absolute atomic E-state index is 11.4. The van der Waals surface area contributed by atoms with Gasteiger partial charge in [-0.1, -0.05) is 30.3 Å². The number of hydrogen-bond donors (Lipinski definition) is 0. The van der Waals surface area contributed by atoms with Crippen molar-refractivity contribution in [3.8, 4) is 0 Å². The Morgan fingerprint density at radius 3 is 2.92 bits per heavy atom. The van der Waals surface area contributed by atoms with Gasteiger partial charge < -0.3 is 5.11 Å². The van der Waals surface area contributed by atoms with E-state index in [1.807, 2.05) is 24.3 Å². The zero-order valence-corrected chi connectivity index (χ0v) is 6.92. The first-order valence-electron chi connectivity index (χ1n) is 4.33. The highest BCUT2D eigenvalue weighted by Gasteiger charge is 2.02. The molecule has 0 heterocycles. The quantitative estimate of drug-likeness (QED) is 0.565. The average molecular weight is 159 g/mol. The Morgan fingerprint density at radius 1 is 1.17 bits per heavy atom. The van der Waals surface area contributed by atoms with Crippen molar-refractivity contribution in [2.45, 2.75) is 19.3 Å². The molecule has 1 nitrogen and oxygen atoms in total. The number of aryl methyl sites for hydroxylation is 1. The van der Waals surface area contributed by atoms with E-state index < -0.39 is 0 Å². The van der Waals surface area contributed by atoms with E-state index in [0.717, 1.165) is 24.8 Å². The van der Waals surface area contributed by atoms with Crippen LogP contribution in [0, 0.1) is 0 Å². The average Bonchev–Trinajstić information content (AvgIpc) is 2.29. The van der Waals surface area contributed by atoms with Gasteiger partial charge in [-0.05, 0) is 30.4 Å². The molecule has 1 heteroatoms. The molecule has 0 bridgehead atoms. The molecule has 0 fully saturated rings. The van der Waals surface area contributed by atoms with Crippen LogP contribution in [0.1, 0.15) is 24.0 Å². The van der Waals surface area contributed by atoms with Crippen LogP contribution in [0.5, 0.6) is 0 Å². The number of allylic oxidation sites excluding steroid dienone is 1. The first-order chi connectivity index (χ1) is 5.88. The molecule has 0 N–H and O–H groups in total. The van der Waals surface area contributed by atoms with E-state index in [2.05, 4.69) is 0 Å². The molecule has 0 saturated heterocycles. The smallest absolute Gasteiger partial charge is 0.0270 e. The molecule has 1 aromatic carbocycles. The summed E-state index contributed by atoms with van der Waals surface area (Å²) in [6.45, 7) is 0. The molecule has 0 unspecified atom stereocenters. The van der Waals surface area contributed by atoms with Crippen LogP contribution in [0.25, 0.3) is 5.76 Å². The third kappa shape index (κ3) is 1.22. The Hall–Kier alpha value is -1.24. The number of benzene rings is 1. The van der Waals surface area contributed by atoms with Gasteiger partial charge in [0.15, 0.2) is 0 Å². The summed E-state index contributed by atoms with van der Waals surface area (Å²) in [7, 11) is 0. The highest BCUT2D eigenvalue weighted by atomic mass is 16.3. The van der Waals surface area contributed by atoms with Crippen LogP contribution < -0.4 is 5.11 Å². The number of rotatable bonds is 0. The largest absolute Gasteiger partial charge is 0.872 e. The summed E-state index contributed by atoms with van der Waals surface area (Å²) >= 11 is 0. The molecule has 0 radical (unpaired) electrons. The van der Waals surface area contributed by atoms with Crippen molar-refractivity contribution >= 4 is 5.76 Å². The van der Waals surface area contributed by atoms with Crippen LogP contribution in [0.2, 0.25) is 0 Å². The lowest BCUT2D eigenvalue weighted by Gasteiger charge is -2.13. The van der Waals surface area contributed by atoms with E-state index in [1.54, 1.807) is 6.08 Å². The van der Waals surface area contributed by atoms with Gasteiger partial charge in [-0.25, -0.2) is 0 Å². The highest BCUT2D eigenvalue weighted by Crippen LogP contribution is 2.21. The summed E-state index contributed by atoms with van der Waals surface area (Å²) in [6.07, 6.45) is 4.86. The fourth-order valence-corrected chi connectivity index (χ4v) is 1.61. The molecular formula is C11H11O-. The van der Waals surface area contributed by atoms with Gasteiger partial charge in [0, 0.05) is 0 Å². The zero-order chi connectivity index (χ0) is 8.39. The Balaban J connectivity index is 2.51. The van der Waals surface area contributed by atoms with Gasteiger partial charge in [0.05, 0.1) is 0 Å². The molecular weight excluding hydrogens is 148 g/mol. The standard InChI is InChI=1S/C11H12O/c12-11-8-4-2-6-9-5-1-3-7-10(9)11/h1,3,5,7-8,12H,2,4,6H2/p-1. The van der Waals surface area contributed by atoms with Crippen molar-refractivity contribution in [3.63, 3.8) is 0 Å². The predicted molar refractivity (Wildman–Crippen MR) is 47.4 cm³/mol. The first kappa shape index (κ1) is 7.41. The van der Waals surface area contributed by atoms with Crippen molar-refractivity contribution in [1.82, 2.24) is 0 Å². The van der Waals surface area contributed by atoms with E-state index in [0.29, 0.717) is 0 Å². The van der Waals surface area contributed by atoms with Crippen molar-refractivity contribution in [3.05, 3.63) is 41.5 Å². The van der Waals surface area contributed by atoms with Crippen LogP contribution >= 0.6 is 0 Å². The zero-order valence-electron chi connectivity index (χ0n) is 6.92. The molecule has 2 rings (SSSR count). The van der Waals surface area contributed by atoms with Gasteiger partial charge in [-0.2, -0.15) is 0 Å². The van der Waals surface area contributed by atoms with E-state index in [4.69, 9.17) is 0 Å².